The van der Waals surface area contributed by atoms with Gasteiger partial charge in [0.2, 0.25) is 0 Å². The first kappa shape index (κ1) is 18.0. The molecule has 8 heteroatoms. The lowest BCUT2D eigenvalue weighted by atomic mass is 10.2. The van der Waals surface area contributed by atoms with Crippen LogP contribution in [0.4, 0.5) is 0 Å². The van der Waals surface area contributed by atoms with Crippen LogP contribution in [0.25, 0.3) is 11.4 Å². The van der Waals surface area contributed by atoms with Gasteiger partial charge >= 0.3 is 0 Å². The second-order valence-electron chi connectivity index (χ2n) is 5.96. The average Bonchev–Trinajstić information content (AvgIpc) is 3.06. The third-order valence-corrected chi connectivity index (χ3v) is 5.58. The molecule has 0 amide bonds. The van der Waals surface area contributed by atoms with E-state index in [0.717, 1.165) is 27.9 Å². The fraction of sp³-hybridized carbons (Fsp3) is 0.263. The van der Waals surface area contributed by atoms with Crippen molar-refractivity contribution in [2.45, 2.75) is 10.9 Å². The van der Waals surface area contributed by atoms with Crippen molar-refractivity contribution in [3.05, 3.63) is 47.0 Å². The number of methoxy groups -OCH3 is 1. The Bertz CT molecular complexity index is 977. The van der Waals surface area contributed by atoms with Gasteiger partial charge < -0.3 is 18.8 Å². The second-order valence-corrected chi connectivity index (χ2v) is 7.31. The first-order chi connectivity index (χ1) is 13.2. The topological polar surface area (TPSA) is 58.4 Å². The molecule has 0 spiro atoms. The Hall–Kier alpha value is -2.38. The Balaban J connectivity index is 1.55. The van der Waals surface area contributed by atoms with E-state index >= 15 is 0 Å². The number of nitrogens with zero attached hydrogens (tertiary/aromatic N) is 3. The third kappa shape index (κ3) is 3.57. The monoisotopic (exact) mass is 403 g/mol. The van der Waals surface area contributed by atoms with Crippen molar-refractivity contribution in [2.75, 3.05) is 20.3 Å². The molecule has 27 heavy (non-hydrogen) atoms. The highest BCUT2D eigenvalue weighted by molar-refractivity contribution is 7.98. The number of benzene rings is 2. The van der Waals surface area contributed by atoms with E-state index < -0.39 is 0 Å². The van der Waals surface area contributed by atoms with Crippen LogP contribution in [0, 0.1) is 0 Å². The number of halogens is 1. The molecular formula is C19H18ClN3O3S. The van der Waals surface area contributed by atoms with Crippen molar-refractivity contribution in [1.29, 1.82) is 0 Å². The molecular weight excluding hydrogens is 386 g/mol. The quantitative estimate of drug-likeness (QED) is 0.595. The number of aromatic nitrogens is 3. The van der Waals surface area contributed by atoms with Gasteiger partial charge in [0.15, 0.2) is 22.5 Å². The highest BCUT2D eigenvalue weighted by Gasteiger charge is 2.18. The fourth-order valence-corrected chi connectivity index (χ4v) is 4.03. The minimum atomic E-state index is 0.519. The molecule has 6 nitrogen and oxygen atoms in total. The second kappa shape index (κ2) is 7.70. The molecule has 1 aromatic heterocycles. The van der Waals surface area contributed by atoms with E-state index in [2.05, 4.69) is 10.2 Å². The maximum Gasteiger partial charge on any atom is 0.191 e. The maximum absolute atomic E-state index is 6.32. The van der Waals surface area contributed by atoms with Crippen LogP contribution in [0.15, 0.2) is 41.6 Å². The van der Waals surface area contributed by atoms with E-state index in [-0.39, 0.29) is 0 Å². The molecule has 0 aliphatic carbocycles. The summed E-state index contributed by atoms with van der Waals surface area (Å²) in [6.45, 7) is 1.05. The van der Waals surface area contributed by atoms with Gasteiger partial charge in [-0.15, -0.1) is 10.2 Å². The number of ether oxygens (including phenoxy) is 3. The zero-order chi connectivity index (χ0) is 18.8. The minimum absolute atomic E-state index is 0.519. The van der Waals surface area contributed by atoms with Crippen LogP contribution in [0.1, 0.15) is 5.56 Å². The van der Waals surface area contributed by atoms with E-state index in [1.54, 1.807) is 18.9 Å². The molecule has 0 fully saturated rings. The smallest absolute Gasteiger partial charge is 0.191 e. The number of hydrogen-bond donors (Lipinski definition) is 0. The predicted octanol–water partition coefficient (Wildman–Crippen LogP) is 4.21. The van der Waals surface area contributed by atoms with Crippen LogP contribution < -0.4 is 14.2 Å². The van der Waals surface area contributed by atoms with Crippen molar-refractivity contribution < 1.29 is 14.2 Å². The van der Waals surface area contributed by atoms with Crippen LogP contribution in [-0.4, -0.2) is 35.1 Å². The van der Waals surface area contributed by atoms with Crippen LogP contribution in [0.2, 0.25) is 5.02 Å². The number of fused-ring (bicyclic) bond motifs is 1. The Morgan fingerprint density at radius 3 is 2.85 bits per heavy atom. The zero-order valence-corrected chi connectivity index (χ0v) is 16.5. The van der Waals surface area contributed by atoms with E-state index in [4.69, 9.17) is 25.8 Å². The van der Waals surface area contributed by atoms with Gasteiger partial charge in [-0.1, -0.05) is 35.5 Å². The number of thioether (sulfide) groups is 1. The summed E-state index contributed by atoms with van der Waals surface area (Å²) in [7, 11) is 3.59. The van der Waals surface area contributed by atoms with Gasteiger partial charge in [0, 0.05) is 12.8 Å². The minimum Gasteiger partial charge on any atom is -0.496 e. The molecule has 3 aromatic rings. The van der Waals surface area contributed by atoms with E-state index in [9.17, 15) is 0 Å². The maximum atomic E-state index is 6.32. The largest absolute Gasteiger partial charge is 0.496 e. The Kier molecular flexibility index (Phi) is 5.13. The molecule has 2 aromatic carbocycles. The summed E-state index contributed by atoms with van der Waals surface area (Å²) in [4.78, 5) is 0. The summed E-state index contributed by atoms with van der Waals surface area (Å²) in [5, 5.41) is 10.0. The fourth-order valence-electron chi connectivity index (χ4n) is 2.90. The summed E-state index contributed by atoms with van der Waals surface area (Å²) in [6, 6.07) is 11.6. The van der Waals surface area contributed by atoms with Crippen LogP contribution >= 0.6 is 23.4 Å². The normalized spacial score (nSPS) is 12.9. The van der Waals surface area contributed by atoms with Gasteiger partial charge in [-0.25, -0.2) is 0 Å². The molecule has 2 heterocycles. The number of hydrogen-bond acceptors (Lipinski definition) is 6. The summed E-state index contributed by atoms with van der Waals surface area (Å²) in [6.07, 6.45) is 0. The molecule has 0 saturated heterocycles. The van der Waals surface area contributed by atoms with Crippen molar-refractivity contribution in [3.8, 4) is 28.6 Å². The van der Waals surface area contributed by atoms with E-state index in [1.165, 1.54) is 0 Å². The highest BCUT2D eigenvalue weighted by Crippen LogP contribution is 2.39. The molecule has 0 saturated carbocycles. The molecule has 0 atom stereocenters. The van der Waals surface area contributed by atoms with Gasteiger partial charge in [0.05, 0.1) is 17.7 Å². The molecule has 0 unspecified atom stereocenters. The number of rotatable bonds is 5. The molecule has 0 radical (unpaired) electrons. The predicted molar refractivity (Wildman–Crippen MR) is 105 cm³/mol. The van der Waals surface area contributed by atoms with Gasteiger partial charge in [-0.2, -0.15) is 0 Å². The standard InChI is InChI=1S/C19H18ClN3O3S/c1-23-18(13-5-3-4-6-15(13)24-2)21-22-19(23)27-11-12-9-14(20)17-16(10-12)25-7-8-26-17/h3-6,9-10H,7-8,11H2,1-2H3. The first-order valence-electron chi connectivity index (χ1n) is 8.41. The SMILES string of the molecule is COc1ccccc1-c1nnc(SCc2cc(Cl)c3c(c2)OCCO3)n1C. The van der Waals surface area contributed by atoms with Gasteiger partial charge in [0.25, 0.3) is 0 Å². The van der Waals surface area contributed by atoms with E-state index in [1.807, 2.05) is 48.0 Å². The van der Waals surface area contributed by atoms with Crippen LogP contribution in [0.5, 0.6) is 17.2 Å². The zero-order valence-electron chi connectivity index (χ0n) is 14.9. The Morgan fingerprint density at radius 1 is 1.19 bits per heavy atom. The van der Waals surface area contributed by atoms with Gasteiger partial charge in [0.1, 0.15) is 19.0 Å². The Morgan fingerprint density at radius 2 is 2.00 bits per heavy atom. The van der Waals surface area contributed by atoms with E-state index in [0.29, 0.717) is 35.5 Å². The molecule has 1 aliphatic heterocycles. The molecule has 0 bridgehead atoms. The van der Waals surface area contributed by atoms with Crippen molar-refractivity contribution in [2.24, 2.45) is 7.05 Å². The lowest BCUT2D eigenvalue weighted by Gasteiger charge is -2.20. The van der Waals surface area contributed by atoms with Crippen LogP contribution in [-0.2, 0) is 12.8 Å². The summed E-state index contributed by atoms with van der Waals surface area (Å²) in [5.41, 5.74) is 1.94. The van der Waals surface area contributed by atoms with Gasteiger partial charge in [-0.05, 0) is 29.8 Å². The molecule has 0 N–H and O–H groups in total. The van der Waals surface area contributed by atoms with Crippen molar-refractivity contribution in [3.63, 3.8) is 0 Å². The van der Waals surface area contributed by atoms with Crippen molar-refractivity contribution in [1.82, 2.24) is 14.8 Å². The van der Waals surface area contributed by atoms with Crippen molar-refractivity contribution >= 4 is 23.4 Å². The molecule has 4 rings (SSSR count). The number of para-hydroxylation sites is 1. The summed E-state index contributed by atoms with van der Waals surface area (Å²) in [5.74, 6) is 3.53. The lowest BCUT2D eigenvalue weighted by Crippen LogP contribution is -2.15. The third-order valence-electron chi connectivity index (χ3n) is 4.21. The first-order valence-corrected chi connectivity index (χ1v) is 9.77. The highest BCUT2D eigenvalue weighted by atomic mass is 35.5. The lowest BCUT2D eigenvalue weighted by molar-refractivity contribution is 0.171. The molecule has 140 valence electrons. The van der Waals surface area contributed by atoms with Gasteiger partial charge in [-0.3, -0.25) is 0 Å². The molecule has 1 aliphatic rings. The Labute approximate surface area is 166 Å². The summed E-state index contributed by atoms with van der Waals surface area (Å²) >= 11 is 7.90. The summed E-state index contributed by atoms with van der Waals surface area (Å²) < 4.78 is 18.6. The van der Waals surface area contributed by atoms with Crippen LogP contribution in [0.3, 0.4) is 0 Å². The average molecular weight is 404 g/mol.